The van der Waals surface area contributed by atoms with Gasteiger partial charge in [0.2, 0.25) is 0 Å². The van der Waals surface area contributed by atoms with Crippen LogP contribution in [0.15, 0.2) is 18.2 Å². The minimum absolute atomic E-state index is 0.0909. The predicted octanol–water partition coefficient (Wildman–Crippen LogP) is 2.94. The minimum Gasteiger partial charge on any atom is -0.469 e. The van der Waals surface area contributed by atoms with Crippen molar-refractivity contribution in [2.45, 2.75) is 25.7 Å². The molecule has 0 saturated carbocycles. The van der Waals surface area contributed by atoms with Crippen molar-refractivity contribution < 1.29 is 18.7 Å². The highest BCUT2D eigenvalue weighted by atomic mass is 35.5. The number of carbonyl (C=O) groups excluding carboxylic acids is 2. The lowest BCUT2D eigenvalue weighted by Gasteiger charge is -2.06. The summed E-state index contributed by atoms with van der Waals surface area (Å²) in [4.78, 5) is 22.6. The summed E-state index contributed by atoms with van der Waals surface area (Å²) in [5.41, 5.74) is 0.252. The van der Waals surface area contributed by atoms with E-state index in [9.17, 15) is 14.0 Å². The first-order valence-corrected chi connectivity index (χ1v) is 6.72. The molecule has 1 aromatic carbocycles. The van der Waals surface area contributed by atoms with E-state index in [1.165, 1.54) is 19.2 Å². The van der Waals surface area contributed by atoms with E-state index in [-0.39, 0.29) is 22.5 Å². The summed E-state index contributed by atoms with van der Waals surface area (Å²) >= 11 is 5.79. The van der Waals surface area contributed by atoms with Gasteiger partial charge in [0.25, 0.3) is 5.91 Å². The number of benzene rings is 1. The number of methoxy groups -OCH3 is 1. The van der Waals surface area contributed by atoms with Crippen LogP contribution in [0.3, 0.4) is 0 Å². The van der Waals surface area contributed by atoms with Gasteiger partial charge < -0.3 is 10.1 Å². The number of nitrogens with one attached hydrogen (secondary N) is 1. The standard InChI is InChI=1S/C14H17ClFNO3/c1-20-13(18)5-3-2-4-8-17-14(19)11-7-6-10(16)9-12(11)15/h6-7,9H,2-5,8H2,1H3,(H,17,19). The molecule has 6 heteroatoms. The number of unbranched alkanes of at least 4 members (excludes halogenated alkanes) is 2. The SMILES string of the molecule is COC(=O)CCCCCNC(=O)c1ccc(F)cc1Cl. The molecule has 0 atom stereocenters. The minimum atomic E-state index is -0.477. The highest BCUT2D eigenvalue weighted by Gasteiger charge is 2.10. The summed E-state index contributed by atoms with van der Waals surface area (Å²) in [6, 6.07) is 3.65. The molecule has 4 nitrogen and oxygen atoms in total. The predicted molar refractivity (Wildman–Crippen MR) is 74.2 cm³/mol. The lowest BCUT2D eigenvalue weighted by Crippen LogP contribution is -2.24. The monoisotopic (exact) mass is 301 g/mol. The number of esters is 1. The summed E-state index contributed by atoms with van der Waals surface area (Å²) in [7, 11) is 1.36. The maximum atomic E-state index is 12.8. The maximum Gasteiger partial charge on any atom is 0.305 e. The van der Waals surface area contributed by atoms with Gasteiger partial charge in [-0.15, -0.1) is 0 Å². The van der Waals surface area contributed by atoms with E-state index in [0.717, 1.165) is 25.3 Å². The van der Waals surface area contributed by atoms with Crippen molar-refractivity contribution in [2.75, 3.05) is 13.7 Å². The number of carbonyl (C=O) groups is 2. The number of amides is 1. The van der Waals surface area contributed by atoms with E-state index in [0.29, 0.717) is 13.0 Å². The van der Waals surface area contributed by atoms with Crippen LogP contribution in [-0.4, -0.2) is 25.5 Å². The van der Waals surface area contributed by atoms with Crippen LogP contribution in [0.4, 0.5) is 4.39 Å². The molecule has 0 aliphatic rings. The second kappa shape index (κ2) is 8.53. The molecule has 1 rings (SSSR count). The van der Waals surface area contributed by atoms with Crippen molar-refractivity contribution in [3.8, 4) is 0 Å². The van der Waals surface area contributed by atoms with Crippen LogP contribution in [0.2, 0.25) is 5.02 Å². The number of ether oxygens (including phenoxy) is 1. The zero-order valence-electron chi connectivity index (χ0n) is 11.2. The summed E-state index contributed by atoms with van der Waals surface area (Å²) < 4.78 is 17.4. The first-order chi connectivity index (χ1) is 9.54. The summed E-state index contributed by atoms with van der Waals surface area (Å²) in [5, 5.41) is 2.79. The van der Waals surface area contributed by atoms with Crippen molar-refractivity contribution in [1.29, 1.82) is 0 Å². The Morgan fingerprint density at radius 2 is 2.05 bits per heavy atom. The summed E-state index contributed by atoms with van der Waals surface area (Å²) in [6.07, 6.45) is 2.67. The first kappa shape index (κ1) is 16.4. The van der Waals surface area contributed by atoms with Gasteiger partial charge in [0.15, 0.2) is 0 Å². The molecule has 0 heterocycles. The smallest absolute Gasteiger partial charge is 0.305 e. The van der Waals surface area contributed by atoms with Crippen LogP contribution in [0.25, 0.3) is 0 Å². The van der Waals surface area contributed by atoms with Gasteiger partial charge in [-0.25, -0.2) is 4.39 Å². The van der Waals surface area contributed by atoms with Gasteiger partial charge in [0.1, 0.15) is 5.82 Å². The Bertz CT molecular complexity index is 479. The maximum absolute atomic E-state index is 12.8. The third-order valence-electron chi connectivity index (χ3n) is 2.75. The second-order valence-electron chi connectivity index (χ2n) is 4.27. The normalized spacial score (nSPS) is 10.2. The Hall–Kier alpha value is -1.62. The number of hydrogen-bond donors (Lipinski definition) is 1. The fourth-order valence-electron chi connectivity index (χ4n) is 1.64. The Morgan fingerprint density at radius 1 is 1.30 bits per heavy atom. The van der Waals surface area contributed by atoms with Gasteiger partial charge in [-0.05, 0) is 31.0 Å². The molecule has 0 aliphatic carbocycles. The molecule has 0 radical (unpaired) electrons. The molecule has 1 aromatic rings. The van der Waals surface area contributed by atoms with E-state index in [1.54, 1.807) is 0 Å². The summed E-state index contributed by atoms with van der Waals surface area (Å²) in [5.74, 6) is -1.04. The highest BCUT2D eigenvalue weighted by Crippen LogP contribution is 2.16. The molecular weight excluding hydrogens is 285 g/mol. The van der Waals surface area contributed by atoms with E-state index in [1.807, 2.05) is 0 Å². The van der Waals surface area contributed by atoms with Crippen LogP contribution < -0.4 is 5.32 Å². The first-order valence-electron chi connectivity index (χ1n) is 6.34. The molecule has 0 unspecified atom stereocenters. The zero-order chi connectivity index (χ0) is 15.0. The zero-order valence-corrected chi connectivity index (χ0v) is 12.0. The van der Waals surface area contributed by atoms with Crippen LogP contribution in [0.1, 0.15) is 36.0 Å². The van der Waals surface area contributed by atoms with E-state index < -0.39 is 5.82 Å². The van der Waals surface area contributed by atoms with Gasteiger partial charge in [-0.3, -0.25) is 9.59 Å². The quantitative estimate of drug-likeness (QED) is 0.622. The third-order valence-corrected chi connectivity index (χ3v) is 3.06. The Balaban J connectivity index is 2.25. The van der Waals surface area contributed by atoms with Crippen molar-refractivity contribution in [1.82, 2.24) is 5.32 Å². The highest BCUT2D eigenvalue weighted by molar-refractivity contribution is 6.33. The topological polar surface area (TPSA) is 55.4 Å². The van der Waals surface area contributed by atoms with Gasteiger partial charge in [-0.1, -0.05) is 18.0 Å². The lowest BCUT2D eigenvalue weighted by atomic mass is 10.2. The summed E-state index contributed by atoms with van der Waals surface area (Å²) in [6.45, 7) is 0.480. The molecule has 0 fully saturated rings. The number of halogens is 2. The molecular formula is C14H17ClFNO3. The van der Waals surface area contributed by atoms with Gasteiger partial charge in [0.05, 0.1) is 17.7 Å². The van der Waals surface area contributed by atoms with Crippen LogP contribution >= 0.6 is 11.6 Å². The van der Waals surface area contributed by atoms with Gasteiger partial charge in [-0.2, -0.15) is 0 Å². The fourth-order valence-corrected chi connectivity index (χ4v) is 1.90. The fraction of sp³-hybridized carbons (Fsp3) is 0.429. The third kappa shape index (κ3) is 5.57. The molecule has 0 bridgehead atoms. The van der Waals surface area contributed by atoms with E-state index in [2.05, 4.69) is 10.1 Å². The number of hydrogen-bond acceptors (Lipinski definition) is 3. The van der Waals surface area contributed by atoms with Crippen molar-refractivity contribution >= 4 is 23.5 Å². The van der Waals surface area contributed by atoms with Crippen molar-refractivity contribution in [2.24, 2.45) is 0 Å². The molecule has 20 heavy (non-hydrogen) atoms. The molecule has 110 valence electrons. The Kier molecular flexibility index (Phi) is 7.01. The molecule has 0 spiro atoms. The van der Waals surface area contributed by atoms with Crippen LogP contribution in [-0.2, 0) is 9.53 Å². The molecule has 0 saturated heterocycles. The number of rotatable bonds is 7. The Labute approximate surface area is 122 Å². The largest absolute Gasteiger partial charge is 0.469 e. The van der Waals surface area contributed by atoms with E-state index in [4.69, 9.17) is 11.6 Å². The second-order valence-corrected chi connectivity index (χ2v) is 4.67. The van der Waals surface area contributed by atoms with Gasteiger partial charge in [0, 0.05) is 13.0 Å². The molecule has 0 aliphatic heterocycles. The van der Waals surface area contributed by atoms with Crippen molar-refractivity contribution in [3.63, 3.8) is 0 Å². The average Bonchev–Trinajstić information content (AvgIpc) is 2.42. The van der Waals surface area contributed by atoms with Crippen LogP contribution in [0, 0.1) is 5.82 Å². The molecule has 1 N–H and O–H groups in total. The average molecular weight is 302 g/mol. The van der Waals surface area contributed by atoms with Gasteiger partial charge >= 0.3 is 5.97 Å². The van der Waals surface area contributed by atoms with Crippen molar-refractivity contribution in [3.05, 3.63) is 34.6 Å². The molecule has 1 amide bonds. The van der Waals surface area contributed by atoms with Crippen LogP contribution in [0.5, 0.6) is 0 Å². The molecule has 0 aromatic heterocycles. The Morgan fingerprint density at radius 3 is 2.70 bits per heavy atom. The lowest BCUT2D eigenvalue weighted by molar-refractivity contribution is -0.140. The van der Waals surface area contributed by atoms with E-state index >= 15 is 0 Å².